The van der Waals surface area contributed by atoms with Gasteiger partial charge in [0.05, 0.1) is 24.1 Å². The van der Waals surface area contributed by atoms with Crippen molar-refractivity contribution in [2.45, 2.75) is 6.54 Å². The Balaban J connectivity index is 1.65. The molecule has 0 N–H and O–H groups in total. The van der Waals surface area contributed by atoms with Gasteiger partial charge in [-0.25, -0.2) is 9.67 Å². The van der Waals surface area contributed by atoms with Crippen molar-refractivity contribution in [3.63, 3.8) is 0 Å². The van der Waals surface area contributed by atoms with Crippen LogP contribution in [0.25, 0.3) is 15.9 Å². The molecule has 0 radical (unpaired) electrons. The molecule has 3 aromatic heterocycles. The highest BCUT2D eigenvalue weighted by molar-refractivity contribution is 7.17. The molecule has 0 saturated carbocycles. The maximum Gasteiger partial charge on any atom is 0.271 e. The van der Waals surface area contributed by atoms with E-state index in [0.717, 1.165) is 16.8 Å². The molecule has 22 heavy (non-hydrogen) atoms. The average molecular weight is 308 g/mol. The summed E-state index contributed by atoms with van der Waals surface area (Å²) in [5, 5.41) is 6.09. The lowest BCUT2D eigenvalue weighted by atomic mass is 10.2. The molecule has 1 aromatic carbocycles. The molecule has 0 aliphatic heterocycles. The molecule has 0 aliphatic carbocycles. The van der Waals surface area contributed by atoms with Crippen molar-refractivity contribution in [2.24, 2.45) is 0 Å². The predicted octanol–water partition coefficient (Wildman–Crippen LogP) is 2.69. The van der Waals surface area contributed by atoms with Crippen molar-refractivity contribution >= 4 is 21.6 Å². The first-order valence-corrected chi connectivity index (χ1v) is 7.71. The molecule has 5 nitrogen and oxygen atoms in total. The van der Waals surface area contributed by atoms with Crippen LogP contribution in [-0.2, 0) is 6.54 Å². The van der Waals surface area contributed by atoms with Crippen molar-refractivity contribution in [3.8, 4) is 5.69 Å². The summed E-state index contributed by atoms with van der Waals surface area (Å²) in [5.74, 6) is 0. The van der Waals surface area contributed by atoms with Crippen LogP contribution in [0.1, 0.15) is 5.56 Å². The van der Waals surface area contributed by atoms with Gasteiger partial charge in [-0.15, -0.1) is 11.3 Å². The van der Waals surface area contributed by atoms with Gasteiger partial charge in [0.2, 0.25) is 0 Å². The fourth-order valence-corrected chi connectivity index (χ4v) is 3.16. The van der Waals surface area contributed by atoms with Gasteiger partial charge in [0, 0.05) is 12.4 Å². The Kier molecular flexibility index (Phi) is 3.08. The second kappa shape index (κ2) is 5.23. The average Bonchev–Trinajstić information content (AvgIpc) is 3.22. The standard InChI is InChI=1S/C16H12N4OS/c21-16-15-14(6-9-22-15)17-11-19(16)10-12-2-4-13(5-3-12)20-8-1-7-18-20/h1-9,11H,10H2. The van der Waals surface area contributed by atoms with Crippen molar-refractivity contribution in [3.05, 3.63) is 76.4 Å². The van der Waals surface area contributed by atoms with E-state index in [1.165, 1.54) is 11.3 Å². The second-order valence-corrected chi connectivity index (χ2v) is 5.85. The van der Waals surface area contributed by atoms with Crippen LogP contribution in [0.15, 0.2) is 65.3 Å². The molecule has 0 bridgehead atoms. The summed E-state index contributed by atoms with van der Waals surface area (Å²) in [6, 6.07) is 11.7. The van der Waals surface area contributed by atoms with Gasteiger partial charge in [-0.05, 0) is 35.2 Å². The highest BCUT2D eigenvalue weighted by Gasteiger charge is 2.06. The molecular weight excluding hydrogens is 296 g/mol. The van der Waals surface area contributed by atoms with Crippen LogP contribution in [0.2, 0.25) is 0 Å². The molecule has 0 saturated heterocycles. The Morgan fingerprint density at radius 3 is 2.77 bits per heavy atom. The molecule has 3 heterocycles. The zero-order chi connectivity index (χ0) is 14.9. The van der Waals surface area contributed by atoms with E-state index in [9.17, 15) is 4.79 Å². The molecule has 0 amide bonds. The number of hydrogen-bond donors (Lipinski definition) is 0. The lowest BCUT2D eigenvalue weighted by Crippen LogP contribution is -2.20. The smallest absolute Gasteiger partial charge is 0.271 e. The molecule has 0 spiro atoms. The Morgan fingerprint density at radius 2 is 2.00 bits per heavy atom. The Hall–Kier alpha value is -2.73. The minimum absolute atomic E-state index is 0.0103. The van der Waals surface area contributed by atoms with Crippen molar-refractivity contribution in [2.75, 3.05) is 0 Å². The van der Waals surface area contributed by atoms with Crippen LogP contribution in [0.3, 0.4) is 0 Å². The number of fused-ring (bicyclic) bond motifs is 1. The number of aromatic nitrogens is 4. The summed E-state index contributed by atoms with van der Waals surface area (Å²) >= 11 is 1.43. The zero-order valence-electron chi connectivity index (χ0n) is 11.6. The topological polar surface area (TPSA) is 52.7 Å². The largest absolute Gasteiger partial charge is 0.294 e. The fraction of sp³-hybridized carbons (Fsp3) is 0.0625. The summed E-state index contributed by atoms with van der Waals surface area (Å²) in [7, 11) is 0. The van der Waals surface area contributed by atoms with Crippen LogP contribution in [0.5, 0.6) is 0 Å². The van der Waals surface area contributed by atoms with E-state index in [4.69, 9.17) is 0 Å². The van der Waals surface area contributed by atoms with Crippen LogP contribution in [0.4, 0.5) is 0 Å². The quantitative estimate of drug-likeness (QED) is 0.585. The molecule has 0 unspecified atom stereocenters. The fourth-order valence-electron chi connectivity index (χ4n) is 2.36. The van der Waals surface area contributed by atoms with Crippen LogP contribution in [-0.4, -0.2) is 19.3 Å². The van der Waals surface area contributed by atoms with Gasteiger partial charge in [-0.2, -0.15) is 5.10 Å². The van der Waals surface area contributed by atoms with Crippen LogP contribution < -0.4 is 5.56 Å². The number of nitrogens with zero attached hydrogens (tertiary/aromatic N) is 4. The monoisotopic (exact) mass is 308 g/mol. The van der Waals surface area contributed by atoms with Gasteiger partial charge < -0.3 is 0 Å². The molecule has 4 rings (SSSR count). The lowest BCUT2D eigenvalue weighted by Gasteiger charge is -2.07. The minimum Gasteiger partial charge on any atom is -0.294 e. The minimum atomic E-state index is 0.0103. The third-order valence-electron chi connectivity index (χ3n) is 3.49. The number of rotatable bonds is 3. The summed E-state index contributed by atoms with van der Waals surface area (Å²) in [5.41, 5.74) is 2.82. The first-order chi connectivity index (χ1) is 10.8. The van der Waals surface area contributed by atoms with E-state index in [1.807, 2.05) is 48.0 Å². The van der Waals surface area contributed by atoms with E-state index in [-0.39, 0.29) is 5.56 Å². The number of thiophene rings is 1. The van der Waals surface area contributed by atoms with E-state index in [2.05, 4.69) is 10.1 Å². The summed E-state index contributed by atoms with van der Waals surface area (Å²) in [6.07, 6.45) is 5.25. The first-order valence-electron chi connectivity index (χ1n) is 6.83. The summed E-state index contributed by atoms with van der Waals surface area (Å²) in [4.78, 5) is 16.7. The summed E-state index contributed by atoms with van der Waals surface area (Å²) in [6.45, 7) is 0.513. The van der Waals surface area contributed by atoms with Crippen molar-refractivity contribution in [1.82, 2.24) is 19.3 Å². The Bertz CT molecular complexity index is 967. The van der Waals surface area contributed by atoms with E-state index in [1.54, 1.807) is 21.8 Å². The summed E-state index contributed by atoms with van der Waals surface area (Å²) < 4.78 is 4.15. The number of benzene rings is 1. The molecular formula is C16H12N4OS. The van der Waals surface area contributed by atoms with Gasteiger partial charge in [-0.3, -0.25) is 9.36 Å². The zero-order valence-corrected chi connectivity index (χ0v) is 12.4. The molecule has 0 atom stereocenters. The molecule has 6 heteroatoms. The maximum atomic E-state index is 12.4. The Morgan fingerprint density at radius 1 is 1.14 bits per heavy atom. The number of hydrogen-bond acceptors (Lipinski definition) is 4. The van der Waals surface area contributed by atoms with E-state index < -0.39 is 0 Å². The molecule has 108 valence electrons. The van der Waals surface area contributed by atoms with Crippen molar-refractivity contribution in [1.29, 1.82) is 0 Å². The lowest BCUT2D eigenvalue weighted by molar-refractivity contribution is 0.749. The maximum absolute atomic E-state index is 12.4. The van der Waals surface area contributed by atoms with Crippen molar-refractivity contribution < 1.29 is 0 Å². The van der Waals surface area contributed by atoms with E-state index >= 15 is 0 Å². The van der Waals surface area contributed by atoms with Gasteiger partial charge in [-0.1, -0.05) is 12.1 Å². The Labute approximate surface area is 130 Å². The molecule has 4 aromatic rings. The third-order valence-corrected chi connectivity index (χ3v) is 4.39. The molecule has 0 aliphatic rings. The highest BCUT2D eigenvalue weighted by Crippen LogP contribution is 2.14. The second-order valence-electron chi connectivity index (χ2n) is 4.93. The van der Waals surface area contributed by atoms with Gasteiger partial charge in [0.1, 0.15) is 4.70 Å². The first kappa shape index (κ1) is 13.0. The third kappa shape index (κ3) is 2.23. The SMILES string of the molecule is O=c1c2sccc2ncn1Cc1ccc(-n2cccn2)cc1. The van der Waals surface area contributed by atoms with Gasteiger partial charge in [0.15, 0.2) is 0 Å². The van der Waals surface area contributed by atoms with Gasteiger partial charge >= 0.3 is 0 Å². The van der Waals surface area contributed by atoms with Gasteiger partial charge in [0.25, 0.3) is 5.56 Å². The predicted molar refractivity (Wildman–Crippen MR) is 86.5 cm³/mol. The van der Waals surface area contributed by atoms with E-state index in [0.29, 0.717) is 11.2 Å². The normalized spacial score (nSPS) is 11.1. The van der Waals surface area contributed by atoms with Crippen LogP contribution in [0, 0.1) is 0 Å². The van der Waals surface area contributed by atoms with Crippen LogP contribution >= 0.6 is 11.3 Å². The molecule has 0 fully saturated rings. The highest BCUT2D eigenvalue weighted by atomic mass is 32.1.